The van der Waals surface area contributed by atoms with Gasteiger partial charge < -0.3 is 14.5 Å². The summed E-state index contributed by atoms with van der Waals surface area (Å²) < 4.78 is 46.8. The summed E-state index contributed by atoms with van der Waals surface area (Å²) in [6.45, 7) is 0.0458. The second-order valence-corrected chi connectivity index (χ2v) is 8.73. The van der Waals surface area contributed by atoms with Gasteiger partial charge in [-0.1, -0.05) is 18.2 Å². The predicted octanol–water partition coefficient (Wildman–Crippen LogP) is 4.54. The van der Waals surface area contributed by atoms with Gasteiger partial charge in [-0.15, -0.1) is 40.9 Å². The third-order valence-corrected chi connectivity index (χ3v) is 5.99. The molecule has 172 valence electrons. The molecule has 0 spiro atoms. The highest BCUT2D eigenvalue weighted by atomic mass is 32.1. The van der Waals surface area contributed by atoms with Crippen molar-refractivity contribution >= 4 is 33.7 Å². The van der Waals surface area contributed by atoms with E-state index in [0.717, 1.165) is 15.1 Å². The van der Waals surface area contributed by atoms with Gasteiger partial charge in [0.15, 0.2) is 5.13 Å². The number of hydrogen-bond donors (Lipinski definition) is 1. The van der Waals surface area contributed by atoms with E-state index in [1.54, 1.807) is 12.3 Å². The minimum atomic E-state index is -4.74. The molecule has 0 saturated heterocycles. The number of hydrogen-bond acceptors (Lipinski definition) is 8. The molecule has 0 aliphatic rings. The fourth-order valence-corrected chi connectivity index (χ4v) is 4.30. The second-order valence-electron chi connectivity index (χ2n) is 6.67. The van der Waals surface area contributed by atoms with Gasteiger partial charge >= 0.3 is 12.1 Å². The third kappa shape index (κ3) is 6.29. The van der Waals surface area contributed by atoms with Crippen LogP contribution in [-0.2, 0) is 17.8 Å². The highest BCUT2D eigenvalue weighted by molar-refractivity contribution is 7.15. The summed E-state index contributed by atoms with van der Waals surface area (Å²) in [6, 6.07) is 9.12. The SMILES string of the molecule is O=C(CCn1nc(-c2cccs2)oc1=O)Nc1ncc(Cc2ccc(OC(F)(F)F)cc2)s1. The number of benzene rings is 1. The normalized spacial score (nSPS) is 11.5. The van der Waals surface area contributed by atoms with E-state index in [1.165, 1.54) is 46.9 Å². The largest absolute Gasteiger partial charge is 0.573 e. The van der Waals surface area contributed by atoms with Crippen molar-refractivity contribution in [3.05, 3.63) is 69.0 Å². The number of carbonyl (C=O) groups is 1. The van der Waals surface area contributed by atoms with Crippen molar-refractivity contribution in [2.45, 2.75) is 25.7 Å². The molecule has 4 aromatic rings. The smallest absolute Gasteiger partial charge is 0.406 e. The van der Waals surface area contributed by atoms with Gasteiger partial charge in [0.25, 0.3) is 5.89 Å². The molecule has 13 heteroatoms. The number of carbonyl (C=O) groups excluding carboxylic acids is 1. The van der Waals surface area contributed by atoms with Crippen LogP contribution in [0.3, 0.4) is 0 Å². The molecule has 0 unspecified atom stereocenters. The van der Waals surface area contributed by atoms with Crippen LogP contribution in [0.1, 0.15) is 16.9 Å². The van der Waals surface area contributed by atoms with Gasteiger partial charge in [0.2, 0.25) is 5.91 Å². The van der Waals surface area contributed by atoms with Crippen molar-refractivity contribution in [1.29, 1.82) is 0 Å². The first-order chi connectivity index (χ1) is 15.7. The standard InChI is InChI=1S/C20H15F3N4O4S2/c21-20(22,23)31-13-5-3-12(4-6-13)10-14-11-24-18(33-14)25-16(28)7-8-27-19(29)30-17(26-27)15-2-1-9-32-15/h1-6,9,11H,7-8,10H2,(H,24,25,28). The van der Waals surface area contributed by atoms with E-state index >= 15 is 0 Å². The zero-order valence-electron chi connectivity index (χ0n) is 16.7. The monoisotopic (exact) mass is 496 g/mol. The first-order valence-electron chi connectivity index (χ1n) is 9.46. The van der Waals surface area contributed by atoms with Gasteiger partial charge in [-0.05, 0) is 29.1 Å². The second kappa shape index (κ2) is 9.58. The summed E-state index contributed by atoms with van der Waals surface area (Å²) in [5, 5.41) is 8.96. The Balaban J connectivity index is 1.29. The molecule has 3 heterocycles. The molecule has 0 bridgehead atoms. The Morgan fingerprint density at radius 2 is 2.00 bits per heavy atom. The lowest BCUT2D eigenvalue weighted by Crippen LogP contribution is -2.20. The van der Waals surface area contributed by atoms with E-state index in [1.807, 2.05) is 11.4 Å². The Morgan fingerprint density at radius 3 is 2.70 bits per heavy atom. The molecule has 0 atom stereocenters. The van der Waals surface area contributed by atoms with E-state index in [-0.39, 0.29) is 30.5 Å². The van der Waals surface area contributed by atoms with Crippen LogP contribution in [-0.4, -0.2) is 27.0 Å². The van der Waals surface area contributed by atoms with Crippen LogP contribution >= 0.6 is 22.7 Å². The number of amides is 1. The number of halogens is 3. The molecule has 1 aromatic carbocycles. The van der Waals surface area contributed by atoms with Crippen molar-refractivity contribution in [1.82, 2.24) is 14.8 Å². The average molecular weight is 496 g/mol. The molecular weight excluding hydrogens is 481 g/mol. The highest BCUT2D eigenvalue weighted by Gasteiger charge is 2.30. The van der Waals surface area contributed by atoms with Crippen LogP contribution in [0.5, 0.6) is 5.75 Å². The summed E-state index contributed by atoms with van der Waals surface area (Å²) in [7, 11) is 0. The maximum atomic E-state index is 12.2. The highest BCUT2D eigenvalue weighted by Crippen LogP contribution is 2.25. The maximum Gasteiger partial charge on any atom is 0.573 e. The topological polar surface area (TPSA) is 99.2 Å². The molecular formula is C20H15F3N4O4S2. The van der Waals surface area contributed by atoms with Gasteiger partial charge in [0, 0.05) is 23.9 Å². The molecule has 0 aliphatic heterocycles. The zero-order chi connectivity index (χ0) is 23.4. The predicted molar refractivity (Wildman–Crippen MR) is 115 cm³/mol. The number of nitrogens with zero attached hydrogens (tertiary/aromatic N) is 3. The molecule has 0 aliphatic carbocycles. The number of rotatable bonds is 8. The third-order valence-electron chi connectivity index (χ3n) is 4.22. The summed E-state index contributed by atoms with van der Waals surface area (Å²) >= 11 is 2.63. The first kappa shape index (κ1) is 22.7. The lowest BCUT2D eigenvalue weighted by molar-refractivity contribution is -0.274. The average Bonchev–Trinajstić information content (AvgIpc) is 3.49. The van der Waals surface area contributed by atoms with Crippen LogP contribution < -0.4 is 15.8 Å². The van der Waals surface area contributed by atoms with Crippen LogP contribution in [0.2, 0.25) is 0 Å². The Hall–Kier alpha value is -3.45. The quantitative estimate of drug-likeness (QED) is 0.385. The van der Waals surface area contributed by atoms with Gasteiger partial charge in [-0.25, -0.2) is 9.78 Å². The van der Waals surface area contributed by atoms with Gasteiger partial charge in [-0.2, -0.15) is 4.68 Å². The fraction of sp³-hybridized carbons (Fsp3) is 0.200. The van der Waals surface area contributed by atoms with Gasteiger partial charge in [-0.3, -0.25) is 4.79 Å². The minimum absolute atomic E-state index is 0.00803. The van der Waals surface area contributed by atoms with Crippen molar-refractivity contribution in [3.63, 3.8) is 0 Å². The molecule has 33 heavy (non-hydrogen) atoms. The number of thiazole rings is 1. The number of ether oxygens (including phenoxy) is 1. The van der Waals surface area contributed by atoms with Gasteiger partial charge in [0.05, 0.1) is 11.4 Å². The zero-order valence-corrected chi connectivity index (χ0v) is 18.3. The molecule has 0 saturated carbocycles. The number of nitrogens with one attached hydrogen (secondary N) is 1. The van der Waals surface area contributed by atoms with Gasteiger partial charge in [0.1, 0.15) is 5.75 Å². The number of alkyl halides is 3. The number of aromatic nitrogens is 3. The van der Waals surface area contributed by atoms with Crippen molar-refractivity contribution in [2.24, 2.45) is 0 Å². The van der Waals surface area contributed by atoms with Crippen molar-refractivity contribution in [2.75, 3.05) is 5.32 Å². The van der Waals surface area contributed by atoms with E-state index in [2.05, 4.69) is 20.1 Å². The Bertz CT molecular complexity index is 1280. The van der Waals surface area contributed by atoms with Crippen LogP contribution in [0.25, 0.3) is 10.8 Å². The molecule has 0 radical (unpaired) electrons. The lowest BCUT2D eigenvalue weighted by Gasteiger charge is -2.08. The Morgan fingerprint density at radius 1 is 1.21 bits per heavy atom. The van der Waals surface area contributed by atoms with Crippen LogP contribution in [0.4, 0.5) is 18.3 Å². The summed E-state index contributed by atoms with van der Waals surface area (Å²) in [5.74, 6) is -1.08. The number of anilines is 1. The Kier molecular flexibility index (Phi) is 6.60. The summed E-state index contributed by atoms with van der Waals surface area (Å²) in [4.78, 5) is 29.8. The molecule has 1 amide bonds. The van der Waals surface area contributed by atoms with Crippen LogP contribution in [0, 0.1) is 0 Å². The number of aryl methyl sites for hydroxylation is 1. The summed E-state index contributed by atoms with van der Waals surface area (Å²) in [6.07, 6.45) is -2.73. The molecule has 1 N–H and O–H groups in total. The van der Waals surface area contributed by atoms with Crippen molar-refractivity contribution in [3.8, 4) is 16.5 Å². The lowest BCUT2D eigenvalue weighted by atomic mass is 10.1. The number of thiophene rings is 1. The van der Waals surface area contributed by atoms with E-state index < -0.39 is 12.1 Å². The van der Waals surface area contributed by atoms with Crippen LogP contribution in [0.15, 0.2) is 57.2 Å². The van der Waals surface area contributed by atoms with E-state index in [9.17, 15) is 22.8 Å². The Labute approximate surface area is 192 Å². The summed E-state index contributed by atoms with van der Waals surface area (Å²) in [5.41, 5.74) is 0.762. The minimum Gasteiger partial charge on any atom is -0.406 e. The molecule has 8 nitrogen and oxygen atoms in total. The molecule has 3 aromatic heterocycles. The fourth-order valence-electron chi connectivity index (χ4n) is 2.79. The molecule has 4 rings (SSSR count). The molecule has 0 fully saturated rings. The van der Waals surface area contributed by atoms with Crippen molar-refractivity contribution < 1.29 is 27.1 Å². The van der Waals surface area contributed by atoms with E-state index in [4.69, 9.17) is 4.42 Å². The first-order valence-corrected chi connectivity index (χ1v) is 11.2. The van der Waals surface area contributed by atoms with E-state index in [0.29, 0.717) is 16.4 Å². The maximum absolute atomic E-state index is 12.2.